The van der Waals surface area contributed by atoms with E-state index in [2.05, 4.69) is 10.9 Å². The summed E-state index contributed by atoms with van der Waals surface area (Å²) in [7, 11) is -3.48. The summed E-state index contributed by atoms with van der Waals surface area (Å²) >= 11 is 6.83. The van der Waals surface area contributed by atoms with Gasteiger partial charge in [0, 0.05) is 28.6 Å². The van der Waals surface area contributed by atoms with Crippen molar-refractivity contribution in [1.82, 2.24) is 15.2 Å². The van der Waals surface area contributed by atoms with E-state index in [0.29, 0.717) is 28.6 Å². The first-order valence-electron chi connectivity index (χ1n) is 8.30. The topological polar surface area (TPSA) is 95.6 Å². The fourth-order valence-corrected chi connectivity index (χ4v) is 5.80. The monoisotopic (exact) mass is 427 g/mol. The molecule has 0 saturated carbocycles. The number of carbonyl (C=O) groups is 2. The largest absolute Gasteiger partial charge is 0.273 e. The van der Waals surface area contributed by atoms with Crippen molar-refractivity contribution in [2.45, 2.75) is 23.5 Å². The van der Waals surface area contributed by atoms with Gasteiger partial charge in [0.25, 0.3) is 15.9 Å². The van der Waals surface area contributed by atoms with Gasteiger partial charge in [0.05, 0.1) is 6.42 Å². The van der Waals surface area contributed by atoms with Gasteiger partial charge < -0.3 is 0 Å². The van der Waals surface area contributed by atoms with Crippen LogP contribution in [0.1, 0.15) is 28.1 Å². The highest BCUT2D eigenvalue weighted by Gasteiger charge is 2.28. The molecule has 7 nitrogen and oxygen atoms in total. The molecule has 144 valence electrons. The Balaban J connectivity index is 1.55. The summed E-state index contributed by atoms with van der Waals surface area (Å²) in [6.07, 6.45) is 1.71. The van der Waals surface area contributed by atoms with Crippen LogP contribution < -0.4 is 10.9 Å². The average Bonchev–Trinajstić information content (AvgIpc) is 3.33. The first-order chi connectivity index (χ1) is 12.9. The maximum absolute atomic E-state index is 12.5. The molecule has 10 heteroatoms. The van der Waals surface area contributed by atoms with E-state index in [0.717, 1.165) is 24.2 Å². The van der Waals surface area contributed by atoms with Crippen LogP contribution in [-0.4, -0.2) is 37.6 Å². The molecule has 1 aliphatic rings. The van der Waals surface area contributed by atoms with Crippen LogP contribution in [0, 0.1) is 0 Å². The second kappa shape index (κ2) is 8.39. The average molecular weight is 428 g/mol. The molecule has 0 aliphatic carbocycles. The fourth-order valence-electron chi connectivity index (χ4n) is 2.65. The molecule has 2 aromatic rings. The molecule has 27 heavy (non-hydrogen) atoms. The second-order valence-electron chi connectivity index (χ2n) is 6.02. The second-order valence-corrected chi connectivity index (χ2v) is 9.79. The molecule has 0 bridgehead atoms. The van der Waals surface area contributed by atoms with Crippen molar-refractivity contribution in [1.29, 1.82) is 0 Å². The van der Waals surface area contributed by atoms with Gasteiger partial charge in [0.15, 0.2) is 0 Å². The van der Waals surface area contributed by atoms with E-state index in [1.54, 1.807) is 30.3 Å². The van der Waals surface area contributed by atoms with Crippen LogP contribution in [0.15, 0.2) is 40.6 Å². The van der Waals surface area contributed by atoms with Crippen LogP contribution >= 0.6 is 22.9 Å². The quantitative estimate of drug-likeness (QED) is 0.715. The summed E-state index contributed by atoms with van der Waals surface area (Å²) in [6, 6.07) is 9.37. The van der Waals surface area contributed by atoms with Crippen LogP contribution in [0.4, 0.5) is 0 Å². The van der Waals surface area contributed by atoms with Crippen molar-refractivity contribution >= 4 is 44.8 Å². The number of hydrazine groups is 1. The minimum Gasteiger partial charge on any atom is -0.273 e. The molecule has 0 spiro atoms. The highest BCUT2D eigenvalue weighted by molar-refractivity contribution is 7.91. The van der Waals surface area contributed by atoms with E-state index >= 15 is 0 Å². The number of halogens is 1. The van der Waals surface area contributed by atoms with Gasteiger partial charge in [-0.25, -0.2) is 8.42 Å². The first-order valence-corrected chi connectivity index (χ1v) is 10.9. The van der Waals surface area contributed by atoms with E-state index in [1.807, 2.05) is 0 Å². The normalized spacial score (nSPS) is 14.9. The van der Waals surface area contributed by atoms with E-state index in [9.17, 15) is 18.0 Å². The van der Waals surface area contributed by atoms with Gasteiger partial charge in [0.1, 0.15) is 4.21 Å². The molecule has 1 aliphatic heterocycles. The molecular weight excluding hydrogens is 410 g/mol. The maximum atomic E-state index is 12.5. The van der Waals surface area contributed by atoms with Gasteiger partial charge >= 0.3 is 0 Å². The van der Waals surface area contributed by atoms with Gasteiger partial charge in [-0.15, -0.1) is 11.3 Å². The molecule has 0 unspecified atom stereocenters. The number of hydrogen-bond acceptors (Lipinski definition) is 5. The number of thiophene rings is 1. The molecule has 3 rings (SSSR count). The van der Waals surface area contributed by atoms with Crippen LogP contribution in [0.25, 0.3) is 0 Å². The zero-order valence-corrected chi connectivity index (χ0v) is 16.7. The molecule has 2 N–H and O–H groups in total. The fraction of sp³-hybridized carbons (Fsp3) is 0.294. The van der Waals surface area contributed by atoms with E-state index in [1.165, 1.54) is 10.4 Å². The molecule has 2 heterocycles. The van der Waals surface area contributed by atoms with Crippen molar-refractivity contribution in [2.75, 3.05) is 13.1 Å². The molecule has 1 fully saturated rings. The highest BCUT2D eigenvalue weighted by Crippen LogP contribution is 2.27. The predicted octanol–water partition coefficient (Wildman–Crippen LogP) is 2.19. The summed E-state index contributed by atoms with van der Waals surface area (Å²) in [5.74, 6) is -0.909. The summed E-state index contributed by atoms with van der Waals surface area (Å²) in [6.45, 7) is 1.07. The zero-order chi connectivity index (χ0) is 19.4. The van der Waals surface area contributed by atoms with E-state index in [-0.39, 0.29) is 10.6 Å². The number of benzene rings is 1. The van der Waals surface area contributed by atoms with Crippen LogP contribution in [0.3, 0.4) is 0 Å². The lowest BCUT2D eigenvalue weighted by molar-refractivity contribution is -0.121. The molecule has 0 atom stereocenters. The van der Waals surface area contributed by atoms with Gasteiger partial charge in [0.2, 0.25) is 5.91 Å². The molecule has 1 aromatic heterocycles. The maximum Gasteiger partial charge on any atom is 0.269 e. The number of nitrogens with one attached hydrogen (secondary N) is 2. The Hall–Kier alpha value is -1.94. The summed E-state index contributed by atoms with van der Waals surface area (Å²) in [4.78, 5) is 24.6. The van der Waals surface area contributed by atoms with Crippen molar-refractivity contribution in [3.63, 3.8) is 0 Å². The third kappa shape index (κ3) is 4.86. The first kappa shape index (κ1) is 19.8. The van der Waals surface area contributed by atoms with Crippen LogP contribution in [-0.2, 0) is 21.2 Å². The van der Waals surface area contributed by atoms with Gasteiger partial charge in [-0.1, -0.05) is 11.6 Å². The van der Waals surface area contributed by atoms with Crippen molar-refractivity contribution < 1.29 is 18.0 Å². The Bertz CT molecular complexity index is 935. The lowest BCUT2D eigenvalue weighted by Gasteiger charge is -2.13. The molecule has 0 radical (unpaired) electrons. The number of hydrogen-bond donors (Lipinski definition) is 2. The van der Waals surface area contributed by atoms with Crippen molar-refractivity contribution in [3.05, 3.63) is 51.9 Å². The Morgan fingerprint density at radius 3 is 2.37 bits per heavy atom. The number of amides is 2. The summed E-state index contributed by atoms with van der Waals surface area (Å²) in [5.41, 5.74) is 5.00. The molecular formula is C17H18ClN3O4S2. The zero-order valence-electron chi connectivity index (χ0n) is 14.3. The molecule has 1 saturated heterocycles. The predicted molar refractivity (Wildman–Crippen MR) is 103 cm³/mol. The Morgan fingerprint density at radius 1 is 1.04 bits per heavy atom. The summed E-state index contributed by atoms with van der Waals surface area (Å²) in [5, 5.41) is 0.507. The van der Waals surface area contributed by atoms with Crippen molar-refractivity contribution in [2.24, 2.45) is 0 Å². The smallest absolute Gasteiger partial charge is 0.269 e. The molecule has 1 aromatic carbocycles. The third-order valence-corrected chi connectivity index (χ3v) is 7.76. The lowest BCUT2D eigenvalue weighted by Crippen LogP contribution is -2.42. The lowest BCUT2D eigenvalue weighted by atomic mass is 10.2. The Labute approximate surface area is 166 Å². The van der Waals surface area contributed by atoms with Gasteiger partial charge in [-0.2, -0.15) is 4.31 Å². The van der Waals surface area contributed by atoms with E-state index < -0.39 is 21.8 Å². The Kier molecular flexibility index (Phi) is 6.15. The number of rotatable bonds is 5. The SMILES string of the molecule is O=C(Cc1ccc(S(=O)(=O)N2CCCC2)s1)NNC(=O)c1ccc(Cl)cc1. The van der Waals surface area contributed by atoms with Crippen LogP contribution in [0.2, 0.25) is 5.02 Å². The highest BCUT2D eigenvalue weighted by atomic mass is 35.5. The standard InChI is InChI=1S/C17H18ClN3O4S2/c18-13-5-3-12(4-6-13)17(23)20-19-15(22)11-14-7-8-16(26-14)27(24,25)21-9-1-2-10-21/h3-8H,1-2,9-11H2,(H,19,22)(H,20,23). The summed E-state index contributed by atoms with van der Waals surface area (Å²) < 4.78 is 26.7. The van der Waals surface area contributed by atoms with Crippen LogP contribution in [0.5, 0.6) is 0 Å². The minimum atomic E-state index is -3.48. The third-order valence-electron chi connectivity index (χ3n) is 4.05. The van der Waals surface area contributed by atoms with Gasteiger partial charge in [-0.3, -0.25) is 20.4 Å². The van der Waals surface area contributed by atoms with Gasteiger partial charge in [-0.05, 0) is 49.2 Å². The molecule has 2 amide bonds. The minimum absolute atomic E-state index is 0.0267. The number of nitrogens with zero attached hydrogens (tertiary/aromatic N) is 1. The number of carbonyl (C=O) groups excluding carboxylic acids is 2. The van der Waals surface area contributed by atoms with Crippen molar-refractivity contribution in [3.8, 4) is 0 Å². The Morgan fingerprint density at radius 2 is 1.70 bits per heavy atom. The van der Waals surface area contributed by atoms with E-state index in [4.69, 9.17) is 11.6 Å². The number of sulfonamides is 1.